The van der Waals surface area contributed by atoms with Gasteiger partial charge in [0, 0.05) is 0 Å². The number of halogens is 6. The van der Waals surface area contributed by atoms with Gasteiger partial charge in [-0.15, -0.1) is 0 Å². The highest BCUT2D eigenvalue weighted by atomic mass is 19.4. The van der Waals surface area contributed by atoms with E-state index in [2.05, 4.69) is 6.92 Å². The molecule has 0 heterocycles. The maximum Gasteiger partial charge on any atom is 0.416 e. The Bertz CT molecular complexity index is 664. The zero-order valence-electron chi connectivity index (χ0n) is 16.4. The largest absolute Gasteiger partial charge is 0.416 e. The van der Waals surface area contributed by atoms with E-state index >= 15 is 0 Å². The summed E-state index contributed by atoms with van der Waals surface area (Å²) in [6.45, 7) is 2.10. The smallest absolute Gasteiger partial charge is 0.166 e. The topological polar surface area (TPSA) is 0 Å². The number of aryl methyl sites for hydroxylation is 2. The van der Waals surface area contributed by atoms with Crippen molar-refractivity contribution in [3.8, 4) is 0 Å². The minimum atomic E-state index is -4.33. The van der Waals surface area contributed by atoms with Gasteiger partial charge in [0.15, 0.2) is 0 Å². The van der Waals surface area contributed by atoms with Gasteiger partial charge < -0.3 is 0 Å². The molecule has 0 bridgehead atoms. The number of alkyl halides is 6. The molecule has 2 aromatic carbocycles. The molecule has 0 fully saturated rings. The van der Waals surface area contributed by atoms with Crippen LogP contribution in [0.5, 0.6) is 0 Å². The van der Waals surface area contributed by atoms with Gasteiger partial charge in [-0.25, -0.2) is 0 Å². The van der Waals surface area contributed by atoms with Gasteiger partial charge in [-0.2, -0.15) is 26.3 Å². The van der Waals surface area contributed by atoms with Crippen molar-refractivity contribution < 1.29 is 26.3 Å². The summed E-state index contributed by atoms with van der Waals surface area (Å²) in [5.41, 5.74) is 0.445. The monoisotopic (exact) mass is 416 g/mol. The van der Waals surface area contributed by atoms with Crippen molar-refractivity contribution in [1.82, 2.24) is 0 Å². The number of benzene rings is 2. The average Bonchev–Trinajstić information content (AvgIpc) is 2.66. The number of hydrogen-bond donors (Lipinski definition) is 0. The van der Waals surface area contributed by atoms with Crippen molar-refractivity contribution in [3.63, 3.8) is 0 Å². The molecular formula is C23H26F6. The van der Waals surface area contributed by atoms with Gasteiger partial charge in [0.2, 0.25) is 0 Å². The van der Waals surface area contributed by atoms with Crippen LogP contribution in [-0.2, 0) is 25.2 Å². The molecule has 0 aromatic heterocycles. The van der Waals surface area contributed by atoms with Gasteiger partial charge in [0.1, 0.15) is 0 Å². The van der Waals surface area contributed by atoms with Crippen LogP contribution in [0.2, 0.25) is 0 Å². The predicted octanol–water partition coefficient (Wildman–Crippen LogP) is 8.10. The fraction of sp³-hybridized carbons (Fsp3) is 0.478. The molecule has 6 heteroatoms. The summed E-state index contributed by atoms with van der Waals surface area (Å²) in [6.07, 6.45) is -2.44. The Labute approximate surface area is 167 Å². The van der Waals surface area contributed by atoms with E-state index in [1.165, 1.54) is 24.3 Å². The third-order valence-corrected chi connectivity index (χ3v) is 5.21. The standard InChI is InChI=1S/C23H26F6/c1-2-3-4-17(5-7-18-9-13-20(14-10-18)22(24,25)26)6-8-19-11-15-21(16-12-19)23(27,28)29/h9-17H,2-8H2,1H3. The summed E-state index contributed by atoms with van der Waals surface area (Å²) >= 11 is 0. The van der Waals surface area contributed by atoms with Crippen LogP contribution in [0.1, 0.15) is 61.3 Å². The quantitative estimate of drug-likeness (QED) is 0.362. The van der Waals surface area contributed by atoms with Gasteiger partial charge in [-0.05, 0) is 67.0 Å². The van der Waals surface area contributed by atoms with E-state index in [0.29, 0.717) is 18.8 Å². The Morgan fingerprint density at radius 1 is 0.621 bits per heavy atom. The number of rotatable bonds is 9. The van der Waals surface area contributed by atoms with E-state index in [4.69, 9.17) is 0 Å². The van der Waals surface area contributed by atoms with Crippen LogP contribution in [0.3, 0.4) is 0 Å². The van der Waals surface area contributed by atoms with E-state index in [9.17, 15) is 26.3 Å². The molecule has 0 N–H and O–H groups in total. The van der Waals surface area contributed by atoms with Crippen LogP contribution in [0, 0.1) is 5.92 Å². The predicted molar refractivity (Wildman–Crippen MR) is 103 cm³/mol. The zero-order chi connectivity index (χ0) is 21.5. The summed E-state index contributed by atoms with van der Waals surface area (Å²) in [4.78, 5) is 0. The summed E-state index contributed by atoms with van der Waals surface area (Å²) in [6, 6.07) is 10.5. The molecule has 0 radical (unpaired) electrons. The Balaban J connectivity index is 1.91. The van der Waals surface area contributed by atoms with Crippen molar-refractivity contribution in [3.05, 3.63) is 70.8 Å². The lowest BCUT2D eigenvalue weighted by atomic mass is 9.89. The molecule has 0 aliphatic rings. The first kappa shape index (κ1) is 23.3. The van der Waals surface area contributed by atoms with Gasteiger partial charge in [-0.3, -0.25) is 0 Å². The normalized spacial score (nSPS) is 12.6. The first-order valence-corrected chi connectivity index (χ1v) is 9.92. The van der Waals surface area contributed by atoms with Gasteiger partial charge in [0.25, 0.3) is 0 Å². The molecule has 2 aromatic rings. The Morgan fingerprint density at radius 3 is 1.31 bits per heavy atom. The number of hydrogen-bond acceptors (Lipinski definition) is 0. The summed E-state index contributed by atoms with van der Waals surface area (Å²) in [5, 5.41) is 0. The van der Waals surface area contributed by atoms with Gasteiger partial charge in [-0.1, -0.05) is 50.5 Å². The Hall–Kier alpha value is -1.98. The zero-order valence-corrected chi connectivity index (χ0v) is 16.4. The second-order valence-electron chi connectivity index (χ2n) is 7.47. The Morgan fingerprint density at radius 2 is 1.00 bits per heavy atom. The first-order chi connectivity index (χ1) is 13.6. The van der Waals surface area contributed by atoms with Gasteiger partial charge >= 0.3 is 12.4 Å². The lowest BCUT2D eigenvalue weighted by molar-refractivity contribution is -0.138. The minimum absolute atomic E-state index is 0.388. The molecular weight excluding hydrogens is 390 g/mol. The second-order valence-corrected chi connectivity index (χ2v) is 7.47. The van der Waals surface area contributed by atoms with Crippen LogP contribution in [0.15, 0.2) is 48.5 Å². The van der Waals surface area contributed by atoms with Gasteiger partial charge in [0.05, 0.1) is 11.1 Å². The van der Waals surface area contributed by atoms with Crippen LogP contribution in [-0.4, -0.2) is 0 Å². The Kier molecular flexibility index (Phi) is 8.17. The second kappa shape index (κ2) is 10.2. The fourth-order valence-electron chi connectivity index (χ4n) is 3.39. The molecule has 0 unspecified atom stereocenters. The molecule has 0 nitrogen and oxygen atoms in total. The maximum atomic E-state index is 12.7. The van der Waals surface area contributed by atoms with E-state index in [0.717, 1.165) is 67.5 Å². The fourth-order valence-corrected chi connectivity index (χ4v) is 3.39. The molecule has 0 spiro atoms. The van der Waals surface area contributed by atoms with Crippen molar-refractivity contribution in [2.75, 3.05) is 0 Å². The van der Waals surface area contributed by atoms with Crippen molar-refractivity contribution in [2.45, 2.75) is 64.2 Å². The molecule has 0 saturated carbocycles. The van der Waals surface area contributed by atoms with Crippen LogP contribution < -0.4 is 0 Å². The summed E-state index contributed by atoms with van der Waals surface area (Å²) < 4.78 is 76.0. The van der Waals surface area contributed by atoms with Crippen LogP contribution in [0.25, 0.3) is 0 Å². The van der Waals surface area contributed by atoms with Crippen molar-refractivity contribution in [1.29, 1.82) is 0 Å². The maximum absolute atomic E-state index is 12.7. The molecule has 2 rings (SSSR count). The number of unbranched alkanes of at least 4 members (excludes halogenated alkanes) is 1. The SMILES string of the molecule is CCCCC(CCc1ccc(C(F)(F)F)cc1)CCc1ccc(C(F)(F)F)cc1. The van der Waals surface area contributed by atoms with E-state index in [1.807, 2.05) is 0 Å². The summed E-state index contributed by atoms with van der Waals surface area (Å²) in [7, 11) is 0. The van der Waals surface area contributed by atoms with E-state index in [1.54, 1.807) is 0 Å². The van der Waals surface area contributed by atoms with E-state index in [-0.39, 0.29) is 0 Å². The molecule has 0 amide bonds. The highest BCUT2D eigenvalue weighted by Crippen LogP contribution is 2.31. The minimum Gasteiger partial charge on any atom is -0.166 e. The molecule has 0 saturated heterocycles. The lowest BCUT2D eigenvalue weighted by Gasteiger charge is -2.17. The average molecular weight is 416 g/mol. The van der Waals surface area contributed by atoms with Crippen LogP contribution >= 0.6 is 0 Å². The molecule has 160 valence electrons. The van der Waals surface area contributed by atoms with Crippen LogP contribution in [0.4, 0.5) is 26.3 Å². The van der Waals surface area contributed by atoms with Crippen molar-refractivity contribution in [2.24, 2.45) is 5.92 Å². The molecule has 0 aliphatic heterocycles. The molecule has 29 heavy (non-hydrogen) atoms. The highest BCUT2D eigenvalue weighted by molar-refractivity contribution is 5.25. The highest BCUT2D eigenvalue weighted by Gasteiger charge is 2.30. The molecule has 0 aliphatic carbocycles. The molecule has 0 atom stereocenters. The third-order valence-electron chi connectivity index (χ3n) is 5.21. The van der Waals surface area contributed by atoms with Crippen molar-refractivity contribution >= 4 is 0 Å². The van der Waals surface area contributed by atoms with E-state index < -0.39 is 23.5 Å². The lowest BCUT2D eigenvalue weighted by Crippen LogP contribution is -2.07. The third kappa shape index (κ3) is 7.75. The summed E-state index contributed by atoms with van der Waals surface area (Å²) in [5.74, 6) is 0.388. The first-order valence-electron chi connectivity index (χ1n) is 9.92.